The number of hydrogen-bond acceptors (Lipinski definition) is 2. The highest BCUT2D eigenvalue weighted by atomic mass is 35.5. The number of nitrogens with zero attached hydrogens (tertiary/aromatic N) is 2. The van der Waals surface area contributed by atoms with Gasteiger partial charge in [-0.3, -0.25) is 4.68 Å². The second-order valence-electron chi connectivity index (χ2n) is 4.98. The zero-order valence-corrected chi connectivity index (χ0v) is 12.2. The van der Waals surface area contributed by atoms with E-state index in [2.05, 4.69) is 5.10 Å². The molecule has 3 nitrogen and oxygen atoms in total. The molecule has 0 saturated carbocycles. The summed E-state index contributed by atoms with van der Waals surface area (Å²) in [6.45, 7) is 0. The van der Waals surface area contributed by atoms with Gasteiger partial charge in [0.2, 0.25) is 0 Å². The van der Waals surface area contributed by atoms with Crippen LogP contribution in [-0.2, 0) is 13.5 Å². The summed E-state index contributed by atoms with van der Waals surface area (Å²) in [5, 5.41) is 16.0. The molecule has 1 aromatic heterocycles. The van der Waals surface area contributed by atoms with E-state index in [0.29, 0.717) is 16.3 Å². The van der Waals surface area contributed by atoms with Crippen molar-refractivity contribution >= 4 is 22.5 Å². The van der Waals surface area contributed by atoms with Gasteiger partial charge >= 0.3 is 0 Å². The summed E-state index contributed by atoms with van der Waals surface area (Å²) in [5.41, 5.74) is 1.91. The zero-order valence-electron chi connectivity index (χ0n) is 11.4. The molecule has 0 aliphatic heterocycles. The van der Waals surface area contributed by atoms with Crippen LogP contribution in [0, 0.1) is 5.82 Å². The molecular formula is C16H14ClFN2O. The number of rotatable bonds is 3. The average molecular weight is 305 g/mol. The van der Waals surface area contributed by atoms with Gasteiger partial charge in [-0.05, 0) is 23.8 Å². The largest absolute Gasteiger partial charge is 0.386 e. The van der Waals surface area contributed by atoms with Gasteiger partial charge in [-0.2, -0.15) is 5.10 Å². The Hall–Kier alpha value is -1.91. The lowest BCUT2D eigenvalue weighted by atomic mass is 10.0. The van der Waals surface area contributed by atoms with Gasteiger partial charge in [-0.15, -0.1) is 0 Å². The van der Waals surface area contributed by atoms with E-state index in [9.17, 15) is 9.50 Å². The lowest BCUT2D eigenvalue weighted by Crippen LogP contribution is -2.05. The SMILES string of the molecule is Cn1nc(C(O)Cc2ccc(Cl)cc2F)c2ccccc21. The Morgan fingerprint density at radius 3 is 2.81 bits per heavy atom. The maximum absolute atomic E-state index is 13.8. The first kappa shape index (κ1) is 14.0. The van der Waals surface area contributed by atoms with Gasteiger partial charge in [-0.1, -0.05) is 35.9 Å². The fraction of sp³-hybridized carbons (Fsp3) is 0.188. The van der Waals surface area contributed by atoms with Crippen molar-refractivity contribution in [3.8, 4) is 0 Å². The van der Waals surface area contributed by atoms with E-state index < -0.39 is 11.9 Å². The van der Waals surface area contributed by atoms with Gasteiger partial charge in [0.15, 0.2) is 0 Å². The van der Waals surface area contributed by atoms with Gasteiger partial charge in [0.1, 0.15) is 11.9 Å². The van der Waals surface area contributed by atoms with Crippen LogP contribution in [0.5, 0.6) is 0 Å². The van der Waals surface area contributed by atoms with E-state index in [-0.39, 0.29) is 6.42 Å². The molecule has 108 valence electrons. The molecule has 1 heterocycles. The molecule has 0 fully saturated rings. The maximum Gasteiger partial charge on any atom is 0.127 e. The van der Waals surface area contributed by atoms with Gasteiger partial charge in [0.05, 0.1) is 11.2 Å². The highest BCUT2D eigenvalue weighted by Gasteiger charge is 2.18. The van der Waals surface area contributed by atoms with E-state index in [1.54, 1.807) is 16.8 Å². The van der Waals surface area contributed by atoms with E-state index in [1.807, 2.05) is 31.3 Å². The van der Waals surface area contributed by atoms with Crippen molar-refractivity contribution in [3.63, 3.8) is 0 Å². The fourth-order valence-electron chi connectivity index (χ4n) is 2.48. The molecule has 2 aromatic carbocycles. The molecule has 1 unspecified atom stereocenters. The van der Waals surface area contributed by atoms with E-state index in [4.69, 9.17) is 11.6 Å². The number of aliphatic hydroxyl groups excluding tert-OH is 1. The van der Waals surface area contributed by atoms with E-state index >= 15 is 0 Å². The normalized spacial score (nSPS) is 12.8. The number of benzene rings is 2. The van der Waals surface area contributed by atoms with Crippen LogP contribution >= 0.6 is 11.6 Å². The molecule has 0 bridgehead atoms. The third kappa shape index (κ3) is 2.64. The Bertz CT molecular complexity index is 800. The Balaban J connectivity index is 1.95. The molecule has 3 rings (SSSR count). The summed E-state index contributed by atoms with van der Waals surface area (Å²) in [6, 6.07) is 12.1. The topological polar surface area (TPSA) is 38.0 Å². The van der Waals surface area contributed by atoms with Crippen LogP contribution in [0.15, 0.2) is 42.5 Å². The fourth-order valence-corrected chi connectivity index (χ4v) is 2.64. The first-order valence-corrected chi connectivity index (χ1v) is 6.97. The minimum atomic E-state index is -0.869. The van der Waals surface area contributed by atoms with Crippen molar-refractivity contribution in [1.82, 2.24) is 9.78 Å². The lowest BCUT2D eigenvalue weighted by molar-refractivity contribution is 0.173. The smallest absolute Gasteiger partial charge is 0.127 e. The highest BCUT2D eigenvalue weighted by Crippen LogP contribution is 2.27. The summed E-state index contributed by atoms with van der Waals surface area (Å²) in [4.78, 5) is 0. The van der Waals surface area contributed by atoms with Crippen molar-refractivity contribution in [3.05, 3.63) is 64.6 Å². The van der Waals surface area contributed by atoms with Crippen LogP contribution in [0.1, 0.15) is 17.4 Å². The number of aromatic nitrogens is 2. The Kier molecular flexibility index (Phi) is 3.66. The zero-order chi connectivity index (χ0) is 15.0. The molecule has 0 spiro atoms. The number of aryl methyl sites for hydroxylation is 1. The lowest BCUT2D eigenvalue weighted by Gasteiger charge is -2.09. The maximum atomic E-state index is 13.8. The third-order valence-corrected chi connectivity index (χ3v) is 3.77. The second-order valence-corrected chi connectivity index (χ2v) is 5.42. The summed E-state index contributed by atoms with van der Waals surface area (Å²) in [7, 11) is 1.82. The van der Waals surface area contributed by atoms with Crippen LogP contribution in [0.3, 0.4) is 0 Å². The van der Waals surface area contributed by atoms with Crippen molar-refractivity contribution in [2.75, 3.05) is 0 Å². The van der Waals surface area contributed by atoms with Gasteiger partial charge < -0.3 is 5.11 Å². The molecule has 0 aliphatic rings. The molecule has 3 aromatic rings. The molecule has 0 amide bonds. The van der Waals surface area contributed by atoms with Crippen LogP contribution in [0.25, 0.3) is 10.9 Å². The quantitative estimate of drug-likeness (QED) is 0.802. The van der Waals surface area contributed by atoms with Crippen molar-refractivity contribution in [2.24, 2.45) is 7.05 Å². The monoisotopic (exact) mass is 304 g/mol. The number of hydrogen-bond donors (Lipinski definition) is 1. The first-order valence-electron chi connectivity index (χ1n) is 6.60. The molecule has 0 radical (unpaired) electrons. The minimum Gasteiger partial charge on any atom is -0.386 e. The summed E-state index contributed by atoms with van der Waals surface area (Å²) >= 11 is 5.73. The number of para-hydroxylation sites is 1. The Labute approximate surface area is 126 Å². The van der Waals surface area contributed by atoms with Crippen LogP contribution in [0.4, 0.5) is 4.39 Å². The summed E-state index contributed by atoms with van der Waals surface area (Å²) in [6.07, 6.45) is -0.712. The molecule has 21 heavy (non-hydrogen) atoms. The van der Waals surface area contributed by atoms with E-state index in [1.165, 1.54) is 6.07 Å². The average Bonchev–Trinajstić information content (AvgIpc) is 2.80. The molecule has 1 atom stereocenters. The summed E-state index contributed by atoms with van der Waals surface area (Å²) < 4.78 is 15.5. The van der Waals surface area contributed by atoms with Crippen molar-refractivity contribution in [2.45, 2.75) is 12.5 Å². The molecule has 5 heteroatoms. The van der Waals surface area contributed by atoms with Gasteiger partial charge in [0.25, 0.3) is 0 Å². The molecular weight excluding hydrogens is 291 g/mol. The number of halogens is 2. The Morgan fingerprint density at radius 2 is 2.05 bits per heavy atom. The highest BCUT2D eigenvalue weighted by molar-refractivity contribution is 6.30. The number of fused-ring (bicyclic) bond motifs is 1. The van der Waals surface area contributed by atoms with Gasteiger partial charge in [-0.25, -0.2) is 4.39 Å². The molecule has 0 aliphatic carbocycles. The Morgan fingerprint density at radius 1 is 1.29 bits per heavy atom. The predicted octanol–water partition coefficient (Wildman–Crippen LogP) is 3.64. The minimum absolute atomic E-state index is 0.157. The van der Waals surface area contributed by atoms with Crippen molar-refractivity contribution < 1.29 is 9.50 Å². The van der Waals surface area contributed by atoms with Crippen LogP contribution in [0.2, 0.25) is 5.02 Å². The molecule has 0 saturated heterocycles. The summed E-state index contributed by atoms with van der Waals surface area (Å²) in [5.74, 6) is -0.415. The number of aliphatic hydroxyl groups is 1. The van der Waals surface area contributed by atoms with E-state index in [0.717, 1.165) is 10.9 Å². The third-order valence-electron chi connectivity index (χ3n) is 3.53. The van der Waals surface area contributed by atoms with Crippen molar-refractivity contribution in [1.29, 1.82) is 0 Å². The first-order chi connectivity index (χ1) is 10.1. The standard InChI is InChI=1S/C16H14ClFN2O/c1-20-14-5-3-2-4-12(14)16(19-20)15(21)8-10-6-7-11(17)9-13(10)18/h2-7,9,15,21H,8H2,1H3. The van der Waals surface area contributed by atoms with Crippen LogP contribution < -0.4 is 0 Å². The van der Waals surface area contributed by atoms with Gasteiger partial charge in [0, 0.05) is 23.9 Å². The molecule has 1 N–H and O–H groups in total. The second kappa shape index (κ2) is 5.47. The predicted molar refractivity (Wildman–Crippen MR) is 80.8 cm³/mol. The van der Waals surface area contributed by atoms with Crippen LogP contribution in [-0.4, -0.2) is 14.9 Å².